The Morgan fingerprint density at radius 3 is 2.57 bits per heavy atom. The molecule has 35 heavy (non-hydrogen) atoms. The van der Waals surface area contributed by atoms with Crippen LogP contribution in [0.15, 0.2) is 64.3 Å². The zero-order chi connectivity index (χ0) is 25.1. The van der Waals surface area contributed by atoms with Gasteiger partial charge in [0.05, 0.1) is 40.4 Å². The summed E-state index contributed by atoms with van der Waals surface area (Å²) < 4.78 is 16.7. The van der Waals surface area contributed by atoms with Crippen molar-refractivity contribution in [1.82, 2.24) is 4.90 Å². The van der Waals surface area contributed by atoms with Crippen LogP contribution in [-0.4, -0.2) is 57.5 Å². The molecule has 3 aromatic rings. The number of rotatable bonds is 10. The lowest BCUT2D eigenvalue weighted by atomic mass is 9.95. The van der Waals surface area contributed by atoms with Crippen LogP contribution in [0.4, 0.5) is 0 Å². The molecule has 184 valence electrons. The van der Waals surface area contributed by atoms with Gasteiger partial charge in [0.15, 0.2) is 17.1 Å². The lowest BCUT2D eigenvalue weighted by Crippen LogP contribution is -3.05. The third-order valence-electron chi connectivity index (χ3n) is 6.06. The van der Waals surface area contributed by atoms with Crippen LogP contribution in [-0.2, 0) is 4.79 Å². The van der Waals surface area contributed by atoms with Crippen LogP contribution in [0, 0.1) is 0 Å². The van der Waals surface area contributed by atoms with Gasteiger partial charge in [0.1, 0.15) is 5.75 Å². The molecule has 8 nitrogen and oxygen atoms in total. The van der Waals surface area contributed by atoms with Crippen molar-refractivity contribution < 1.29 is 33.5 Å². The van der Waals surface area contributed by atoms with Crippen molar-refractivity contribution in [3.05, 3.63) is 71.2 Å². The highest BCUT2D eigenvalue weighted by molar-refractivity contribution is 6.15. The maximum Gasteiger partial charge on any atom is 0.239 e. The summed E-state index contributed by atoms with van der Waals surface area (Å²) >= 11 is 0. The molecule has 8 heteroatoms. The number of furan rings is 1. The molecule has 0 saturated carbocycles. The standard InChI is InChI=1S/C27H30N2O6/c1-5-34-19-12-10-17(11-13-19)23-22(25(31)27(32)29(23)15-7-14-28(2)3)24(30)21-16-18-8-6-9-20(33-4)26(18)35-21/h6,8-13,16,23,31H,5,7,14-15H2,1-4H3. The van der Waals surface area contributed by atoms with Gasteiger partial charge < -0.3 is 28.8 Å². The number of nitrogens with one attached hydrogen (secondary N) is 1. The Kier molecular flexibility index (Phi) is 7.12. The lowest BCUT2D eigenvalue weighted by molar-refractivity contribution is -0.858. The van der Waals surface area contributed by atoms with E-state index in [1.165, 1.54) is 16.9 Å². The maximum atomic E-state index is 13.7. The molecule has 1 aliphatic rings. The van der Waals surface area contributed by atoms with E-state index in [1.807, 2.05) is 21.0 Å². The van der Waals surface area contributed by atoms with Crippen molar-refractivity contribution in [2.75, 3.05) is 40.9 Å². The van der Waals surface area contributed by atoms with Gasteiger partial charge >= 0.3 is 0 Å². The van der Waals surface area contributed by atoms with Gasteiger partial charge in [-0.3, -0.25) is 9.59 Å². The monoisotopic (exact) mass is 478 g/mol. The summed E-state index contributed by atoms with van der Waals surface area (Å²) in [6.45, 7) is 3.59. The Labute approximate surface area is 204 Å². The zero-order valence-corrected chi connectivity index (χ0v) is 20.4. The molecule has 0 bridgehead atoms. The summed E-state index contributed by atoms with van der Waals surface area (Å²) in [6.07, 6.45) is 0.693. The van der Waals surface area contributed by atoms with E-state index in [2.05, 4.69) is 0 Å². The summed E-state index contributed by atoms with van der Waals surface area (Å²) in [7, 11) is 5.57. The summed E-state index contributed by atoms with van der Waals surface area (Å²) in [6, 6.07) is 13.2. The first-order valence-electron chi connectivity index (χ1n) is 11.7. The fourth-order valence-electron chi connectivity index (χ4n) is 4.41. The van der Waals surface area contributed by atoms with Gasteiger partial charge in [-0.25, -0.2) is 0 Å². The number of amides is 1. The van der Waals surface area contributed by atoms with E-state index in [-0.39, 0.29) is 11.3 Å². The predicted octanol–water partition coefficient (Wildman–Crippen LogP) is 1.76. The fraction of sp³-hybridized carbons (Fsp3) is 0.333. The number of Topliss-reactive ketones (excluding diaryl/α,β-unsaturated/α-hetero) is 1. The molecule has 0 aliphatic carbocycles. The highest BCUT2D eigenvalue weighted by atomic mass is 16.5. The van der Waals surface area contributed by atoms with Gasteiger partial charge in [-0.1, -0.05) is 24.3 Å². The number of nitrogens with zero attached hydrogens (tertiary/aromatic N) is 1. The number of carbonyl (C=O) groups excluding carboxylic acids is 2. The highest BCUT2D eigenvalue weighted by Crippen LogP contribution is 2.40. The minimum atomic E-state index is -0.801. The average Bonchev–Trinajstić information content (AvgIpc) is 3.39. The largest absolute Gasteiger partial charge is 0.868 e. The minimum Gasteiger partial charge on any atom is -0.868 e. The Balaban J connectivity index is 1.74. The van der Waals surface area contributed by atoms with E-state index in [0.717, 1.165) is 6.54 Å². The second-order valence-electron chi connectivity index (χ2n) is 8.77. The maximum absolute atomic E-state index is 13.7. The third kappa shape index (κ3) is 4.74. The fourth-order valence-corrected chi connectivity index (χ4v) is 4.41. The number of hydrogen-bond donors (Lipinski definition) is 1. The Morgan fingerprint density at radius 1 is 1.17 bits per heavy atom. The summed E-state index contributed by atoms with van der Waals surface area (Å²) in [4.78, 5) is 29.5. The van der Waals surface area contributed by atoms with Gasteiger partial charge in [0.2, 0.25) is 11.7 Å². The highest BCUT2D eigenvalue weighted by Gasteiger charge is 2.40. The van der Waals surface area contributed by atoms with Crippen molar-refractivity contribution in [2.45, 2.75) is 19.4 Å². The SMILES string of the molecule is CCOc1ccc(C2C(C(=O)c3cc4cccc(OC)c4o3)=C([O-])C(=O)N2CCC[NH+](C)C)cc1. The molecular formula is C27H30N2O6. The molecule has 1 atom stereocenters. The van der Waals surface area contributed by atoms with E-state index in [4.69, 9.17) is 13.9 Å². The van der Waals surface area contributed by atoms with E-state index < -0.39 is 23.5 Å². The number of fused-ring (bicyclic) bond motifs is 1. The quantitative estimate of drug-likeness (QED) is 0.446. The third-order valence-corrected chi connectivity index (χ3v) is 6.06. The van der Waals surface area contributed by atoms with Gasteiger partial charge in [0, 0.05) is 23.9 Å². The molecule has 1 amide bonds. The summed E-state index contributed by atoms with van der Waals surface area (Å²) in [5.74, 6) is -0.909. The number of para-hydroxylation sites is 1. The Bertz CT molecular complexity index is 1260. The Morgan fingerprint density at radius 2 is 1.91 bits per heavy atom. The first-order valence-corrected chi connectivity index (χ1v) is 11.7. The van der Waals surface area contributed by atoms with Crippen molar-refractivity contribution in [3.63, 3.8) is 0 Å². The van der Waals surface area contributed by atoms with E-state index in [0.29, 0.717) is 47.6 Å². The van der Waals surface area contributed by atoms with Gasteiger partial charge in [-0.05, 0) is 42.5 Å². The van der Waals surface area contributed by atoms with Gasteiger partial charge in [0.25, 0.3) is 0 Å². The first kappa shape index (κ1) is 24.3. The van der Waals surface area contributed by atoms with Crippen LogP contribution in [0.1, 0.15) is 35.5 Å². The number of hydrogen-bond acceptors (Lipinski definition) is 6. The van der Waals surface area contributed by atoms with Gasteiger partial charge in [-0.15, -0.1) is 0 Å². The molecule has 2 heterocycles. The molecule has 1 aliphatic heterocycles. The molecular weight excluding hydrogens is 448 g/mol. The first-order chi connectivity index (χ1) is 16.8. The van der Waals surface area contributed by atoms with Gasteiger partial charge in [-0.2, -0.15) is 0 Å². The number of quaternary nitrogens is 1. The normalized spacial score (nSPS) is 16.0. The number of benzene rings is 2. The van der Waals surface area contributed by atoms with Crippen molar-refractivity contribution in [2.24, 2.45) is 0 Å². The number of methoxy groups -OCH3 is 1. The molecule has 1 aromatic heterocycles. The smallest absolute Gasteiger partial charge is 0.239 e. The molecule has 2 aromatic carbocycles. The van der Waals surface area contributed by atoms with Crippen LogP contribution in [0.2, 0.25) is 0 Å². The molecule has 1 unspecified atom stereocenters. The van der Waals surface area contributed by atoms with Crippen LogP contribution >= 0.6 is 0 Å². The zero-order valence-electron chi connectivity index (χ0n) is 20.4. The van der Waals surface area contributed by atoms with E-state index in [9.17, 15) is 14.7 Å². The topological polar surface area (TPSA) is 96.5 Å². The van der Waals surface area contributed by atoms with Crippen LogP contribution < -0.4 is 19.5 Å². The number of carbonyl (C=O) groups is 2. The molecule has 1 N–H and O–H groups in total. The van der Waals surface area contributed by atoms with Crippen molar-refractivity contribution >= 4 is 22.7 Å². The average molecular weight is 479 g/mol. The molecule has 0 fully saturated rings. The molecule has 4 rings (SSSR count). The van der Waals surface area contributed by atoms with E-state index in [1.54, 1.807) is 48.5 Å². The predicted molar refractivity (Wildman–Crippen MR) is 128 cm³/mol. The van der Waals surface area contributed by atoms with Crippen molar-refractivity contribution in [1.29, 1.82) is 0 Å². The van der Waals surface area contributed by atoms with Crippen molar-refractivity contribution in [3.8, 4) is 11.5 Å². The van der Waals surface area contributed by atoms with Crippen LogP contribution in [0.25, 0.3) is 11.0 Å². The van der Waals surface area contributed by atoms with E-state index >= 15 is 0 Å². The second-order valence-corrected chi connectivity index (χ2v) is 8.77. The minimum absolute atomic E-state index is 0.00354. The van der Waals surface area contributed by atoms with Crippen LogP contribution in [0.5, 0.6) is 11.5 Å². The lowest BCUT2D eigenvalue weighted by Gasteiger charge is -2.28. The summed E-state index contributed by atoms with van der Waals surface area (Å²) in [5.41, 5.74) is 0.982. The molecule has 0 spiro atoms. The van der Waals surface area contributed by atoms with Crippen LogP contribution in [0.3, 0.4) is 0 Å². The number of ether oxygens (including phenoxy) is 2. The number of ketones is 1. The molecule has 0 saturated heterocycles. The second kappa shape index (κ2) is 10.2. The summed E-state index contributed by atoms with van der Waals surface area (Å²) in [5, 5.41) is 13.8. The Hall–Kier alpha value is -3.78. The molecule has 0 radical (unpaired) electrons.